The van der Waals surface area contributed by atoms with Gasteiger partial charge in [0, 0.05) is 11.1 Å². The Balaban J connectivity index is 1.84. The van der Waals surface area contributed by atoms with Gasteiger partial charge in [0.05, 0.1) is 23.7 Å². The van der Waals surface area contributed by atoms with E-state index in [1.165, 1.54) is 0 Å². The van der Waals surface area contributed by atoms with Crippen LogP contribution in [0.4, 0.5) is 18.2 Å². The molecule has 3 heterocycles. The van der Waals surface area contributed by atoms with Crippen LogP contribution in [-0.2, 0) is 44.3 Å². The maximum atomic E-state index is 12.6. The van der Waals surface area contributed by atoms with E-state index in [-0.39, 0.29) is 35.1 Å². The van der Waals surface area contributed by atoms with Gasteiger partial charge in [0.15, 0.2) is 15.5 Å². The van der Waals surface area contributed by atoms with Crippen LogP contribution in [0.15, 0.2) is 12.3 Å². The first-order chi connectivity index (χ1) is 13.5. The molecule has 2 aromatic heterocycles. The molecule has 1 aliphatic rings. The molecule has 0 bridgehead atoms. The predicted molar refractivity (Wildman–Crippen MR) is 97.3 cm³/mol. The van der Waals surface area contributed by atoms with Crippen molar-refractivity contribution in [2.24, 2.45) is 0 Å². The van der Waals surface area contributed by atoms with Gasteiger partial charge < -0.3 is 10.1 Å². The standard InChI is InChI=1S/C16H16F3N3O5S2/c1-2-27-15(24)13-9-4-6-29(25,26)8-10(9)28-14(13)20-12(23)7-22-5-3-11(21-22)16(17,18)19/h3,5H,2,4,6-8H2,1H3,(H,20,23). The van der Waals surface area contributed by atoms with Crippen LogP contribution in [0.5, 0.6) is 0 Å². The largest absolute Gasteiger partial charge is 0.462 e. The van der Waals surface area contributed by atoms with Crippen LogP contribution in [0.3, 0.4) is 0 Å². The van der Waals surface area contributed by atoms with E-state index in [4.69, 9.17) is 4.74 Å². The molecule has 0 atom stereocenters. The number of amides is 1. The summed E-state index contributed by atoms with van der Waals surface area (Å²) in [5, 5.41) is 5.88. The van der Waals surface area contributed by atoms with Crippen molar-refractivity contribution in [2.45, 2.75) is 31.8 Å². The van der Waals surface area contributed by atoms with Crippen LogP contribution >= 0.6 is 11.3 Å². The first-order valence-electron chi connectivity index (χ1n) is 8.42. The highest BCUT2D eigenvalue weighted by molar-refractivity contribution is 7.90. The Morgan fingerprint density at radius 3 is 2.72 bits per heavy atom. The molecule has 0 unspecified atom stereocenters. The second-order valence-corrected chi connectivity index (χ2v) is 9.50. The minimum Gasteiger partial charge on any atom is -0.462 e. The topological polar surface area (TPSA) is 107 Å². The maximum absolute atomic E-state index is 12.6. The van der Waals surface area contributed by atoms with Crippen LogP contribution in [-0.4, -0.2) is 42.4 Å². The first kappa shape index (κ1) is 21.3. The van der Waals surface area contributed by atoms with E-state index in [1.807, 2.05) is 0 Å². The van der Waals surface area contributed by atoms with E-state index < -0.39 is 40.1 Å². The predicted octanol–water partition coefficient (Wildman–Crippen LogP) is 2.25. The summed E-state index contributed by atoms with van der Waals surface area (Å²) >= 11 is 0.945. The van der Waals surface area contributed by atoms with Gasteiger partial charge in [-0.1, -0.05) is 0 Å². The van der Waals surface area contributed by atoms with Gasteiger partial charge in [0.1, 0.15) is 11.5 Å². The van der Waals surface area contributed by atoms with E-state index in [2.05, 4.69) is 10.4 Å². The lowest BCUT2D eigenvalue weighted by molar-refractivity contribution is -0.141. The lowest BCUT2D eigenvalue weighted by atomic mass is 10.1. The molecule has 13 heteroatoms. The number of carbonyl (C=O) groups is 2. The lowest BCUT2D eigenvalue weighted by Gasteiger charge is -2.13. The number of anilines is 1. The summed E-state index contributed by atoms with van der Waals surface area (Å²) in [6.07, 6.45) is -3.50. The molecule has 0 aromatic carbocycles. The van der Waals surface area contributed by atoms with Gasteiger partial charge in [-0.3, -0.25) is 9.48 Å². The Bertz CT molecular complexity index is 1060. The Hall–Kier alpha value is -2.41. The third-order valence-electron chi connectivity index (χ3n) is 4.07. The minimum absolute atomic E-state index is 0.0860. The lowest BCUT2D eigenvalue weighted by Crippen LogP contribution is -2.22. The van der Waals surface area contributed by atoms with Crippen LogP contribution in [0.1, 0.15) is 33.4 Å². The molecule has 1 aliphatic heterocycles. The van der Waals surface area contributed by atoms with E-state index in [0.29, 0.717) is 10.4 Å². The molecular formula is C16H16F3N3O5S2. The Kier molecular flexibility index (Phi) is 5.72. The number of aromatic nitrogens is 2. The molecule has 0 aliphatic carbocycles. The van der Waals surface area contributed by atoms with Crippen molar-refractivity contribution in [3.05, 3.63) is 34.0 Å². The molecule has 3 rings (SSSR count). The number of esters is 1. The summed E-state index contributed by atoms with van der Waals surface area (Å²) in [6.45, 7) is 1.18. The van der Waals surface area contributed by atoms with Crippen molar-refractivity contribution in [3.8, 4) is 0 Å². The second-order valence-electron chi connectivity index (χ2n) is 6.21. The normalized spacial score (nSPS) is 15.6. The van der Waals surface area contributed by atoms with Crippen molar-refractivity contribution in [1.82, 2.24) is 9.78 Å². The molecule has 29 heavy (non-hydrogen) atoms. The van der Waals surface area contributed by atoms with Crippen LogP contribution in [0.25, 0.3) is 0 Å². The highest BCUT2D eigenvalue weighted by atomic mass is 32.2. The molecule has 158 valence electrons. The zero-order valence-corrected chi connectivity index (χ0v) is 16.7. The number of alkyl halides is 3. The van der Waals surface area contributed by atoms with Crippen molar-refractivity contribution in [2.75, 3.05) is 17.7 Å². The van der Waals surface area contributed by atoms with Gasteiger partial charge in [-0.2, -0.15) is 18.3 Å². The molecule has 0 radical (unpaired) electrons. The third-order valence-corrected chi connectivity index (χ3v) is 6.96. The number of halogens is 3. The van der Waals surface area contributed by atoms with Crippen molar-refractivity contribution in [1.29, 1.82) is 0 Å². The van der Waals surface area contributed by atoms with Gasteiger partial charge >= 0.3 is 12.1 Å². The van der Waals surface area contributed by atoms with Gasteiger partial charge in [-0.15, -0.1) is 11.3 Å². The number of ether oxygens (including phenoxy) is 1. The Morgan fingerprint density at radius 2 is 2.10 bits per heavy atom. The van der Waals surface area contributed by atoms with E-state index in [0.717, 1.165) is 28.3 Å². The average molecular weight is 451 g/mol. The van der Waals surface area contributed by atoms with Crippen molar-refractivity contribution < 1.29 is 35.9 Å². The number of sulfone groups is 1. The number of rotatable bonds is 5. The van der Waals surface area contributed by atoms with Gasteiger partial charge in [-0.25, -0.2) is 13.2 Å². The zero-order valence-electron chi connectivity index (χ0n) is 15.1. The fourth-order valence-electron chi connectivity index (χ4n) is 2.84. The van der Waals surface area contributed by atoms with Gasteiger partial charge in [0.2, 0.25) is 5.91 Å². The molecule has 0 spiro atoms. The highest BCUT2D eigenvalue weighted by Crippen LogP contribution is 2.38. The van der Waals surface area contributed by atoms with E-state index >= 15 is 0 Å². The molecule has 2 aromatic rings. The molecule has 8 nitrogen and oxygen atoms in total. The second kappa shape index (κ2) is 7.78. The highest BCUT2D eigenvalue weighted by Gasteiger charge is 2.34. The summed E-state index contributed by atoms with van der Waals surface area (Å²) in [5.41, 5.74) is -0.530. The summed E-state index contributed by atoms with van der Waals surface area (Å²) in [4.78, 5) is 25.1. The maximum Gasteiger partial charge on any atom is 0.435 e. The zero-order chi connectivity index (χ0) is 21.4. The number of fused-ring (bicyclic) bond motifs is 1. The molecule has 0 fully saturated rings. The van der Waals surface area contributed by atoms with E-state index in [1.54, 1.807) is 6.92 Å². The fourth-order valence-corrected chi connectivity index (χ4v) is 5.90. The van der Waals surface area contributed by atoms with Gasteiger partial charge in [-0.05, 0) is 25.0 Å². The number of hydrogen-bond donors (Lipinski definition) is 1. The summed E-state index contributed by atoms with van der Waals surface area (Å²) < 4.78 is 67.4. The Morgan fingerprint density at radius 1 is 1.38 bits per heavy atom. The number of thiophene rings is 1. The minimum atomic E-state index is -4.63. The summed E-state index contributed by atoms with van der Waals surface area (Å²) in [5.74, 6) is -1.78. The van der Waals surface area contributed by atoms with Crippen LogP contribution in [0.2, 0.25) is 0 Å². The van der Waals surface area contributed by atoms with E-state index in [9.17, 15) is 31.2 Å². The van der Waals surface area contributed by atoms with Crippen molar-refractivity contribution in [3.63, 3.8) is 0 Å². The smallest absolute Gasteiger partial charge is 0.435 e. The number of carbonyl (C=O) groups excluding carboxylic acids is 2. The molecule has 0 saturated heterocycles. The number of nitrogens with one attached hydrogen (secondary N) is 1. The number of hydrogen-bond acceptors (Lipinski definition) is 7. The third kappa shape index (κ3) is 4.78. The van der Waals surface area contributed by atoms with Gasteiger partial charge in [0.25, 0.3) is 0 Å². The summed E-state index contributed by atoms with van der Waals surface area (Å²) in [7, 11) is -3.30. The quantitative estimate of drug-likeness (QED) is 0.699. The summed E-state index contributed by atoms with van der Waals surface area (Å²) in [6, 6.07) is 0.742. The monoisotopic (exact) mass is 451 g/mol. The Labute approximate surface area is 167 Å². The fraction of sp³-hybridized carbons (Fsp3) is 0.438. The van der Waals surface area contributed by atoms with Crippen LogP contribution < -0.4 is 5.32 Å². The molecular weight excluding hydrogens is 435 g/mol. The average Bonchev–Trinajstić information content (AvgIpc) is 3.17. The molecule has 1 amide bonds. The SMILES string of the molecule is CCOC(=O)c1c(NC(=O)Cn2ccc(C(F)(F)F)n2)sc2c1CCS(=O)(=O)C2. The molecule has 0 saturated carbocycles. The van der Waals surface area contributed by atoms with Crippen LogP contribution in [0, 0.1) is 0 Å². The van der Waals surface area contributed by atoms with Crippen molar-refractivity contribution >= 4 is 38.1 Å². The molecule has 1 N–H and O–H groups in total. The number of nitrogens with zero attached hydrogens (tertiary/aromatic N) is 2. The first-order valence-corrected chi connectivity index (χ1v) is 11.1.